The third-order valence-electron chi connectivity index (χ3n) is 1.91. The van der Waals surface area contributed by atoms with E-state index in [9.17, 15) is 22.0 Å². The van der Waals surface area contributed by atoms with Gasteiger partial charge in [-0.2, -0.15) is 0 Å². The second kappa shape index (κ2) is 5.72. The van der Waals surface area contributed by atoms with Crippen molar-refractivity contribution in [2.75, 3.05) is 12.3 Å². The van der Waals surface area contributed by atoms with E-state index in [0.717, 1.165) is 12.1 Å². The first-order valence-electron chi connectivity index (χ1n) is 4.64. The summed E-state index contributed by atoms with van der Waals surface area (Å²) in [5.41, 5.74) is -0.771. The Bertz CT molecular complexity index is 554. The summed E-state index contributed by atoms with van der Waals surface area (Å²) >= 11 is 2.87. The van der Waals surface area contributed by atoms with Crippen molar-refractivity contribution in [1.82, 2.24) is 5.32 Å². The summed E-state index contributed by atoms with van der Waals surface area (Å²) in [7, 11) is -3.74. The van der Waals surface area contributed by atoms with Crippen LogP contribution in [0.1, 0.15) is 10.4 Å². The van der Waals surface area contributed by atoms with Crippen LogP contribution < -0.4 is 10.5 Å². The fraction of sp³-hybridized carbons (Fsp3) is 0.222. The quantitative estimate of drug-likeness (QED) is 0.845. The zero-order chi connectivity index (χ0) is 13.9. The van der Waals surface area contributed by atoms with Gasteiger partial charge in [-0.05, 0) is 12.1 Å². The molecular weight excluding hydrogens is 334 g/mol. The molecule has 18 heavy (non-hydrogen) atoms. The summed E-state index contributed by atoms with van der Waals surface area (Å²) in [6.07, 6.45) is 0. The van der Waals surface area contributed by atoms with Gasteiger partial charge in [0.1, 0.15) is 17.2 Å². The summed E-state index contributed by atoms with van der Waals surface area (Å²) in [5, 5.41) is 6.77. The lowest BCUT2D eigenvalue weighted by Crippen LogP contribution is -2.32. The van der Waals surface area contributed by atoms with Crippen molar-refractivity contribution < 1.29 is 22.0 Å². The van der Waals surface area contributed by atoms with E-state index in [0.29, 0.717) is 0 Å². The van der Waals surface area contributed by atoms with Crippen LogP contribution in [0.3, 0.4) is 0 Å². The molecule has 0 aliphatic rings. The molecule has 5 nitrogen and oxygen atoms in total. The predicted molar refractivity (Wildman–Crippen MR) is 64.4 cm³/mol. The highest BCUT2D eigenvalue weighted by Crippen LogP contribution is 2.19. The first kappa shape index (κ1) is 15.0. The van der Waals surface area contributed by atoms with Crippen molar-refractivity contribution >= 4 is 31.9 Å². The molecule has 1 aromatic rings. The largest absolute Gasteiger partial charge is 0.351 e. The van der Waals surface area contributed by atoms with Gasteiger partial charge in [0.2, 0.25) is 10.0 Å². The van der Waals surface area contributed by atoms with Crippen LogP contribution in [0.5, 0.6) is 0 Å². The lowest BCUT2D eigenvalue weighted by Gasteiger charge is -2.06. The number of halogens is 3. The Morgan fingerprint density at radius 1 is 1.33 bits per heavy atom. The average Bonchev–Trinajstić information content (AvgIpc) is 2.13. The van der Waals surface area contributed by atoms with Gasteiger partial charge in [0.25, 0.3) is 5.91 Å². The van der Waals surface area contributed by atoms with E-state index in [2.05, 4.69) is 21.2 Å². The van der Waals surface area contributed by atoms with Gasteiger partial charge in [-0.15, -0.1) is 0 Å². The Morgan fingerprint density at radius 3 is 2.28 bits per heavy atom. The van der Waals surface area contributed by atoms with Crippen LogP contribution in [-0.4, -0.2) is 26.6 Å². The van der Waals surface area contributed by atoms with Gasteiger partial charge in [-0.1, -0.05) is 15.9 Å². The zero-order valence-electron chi connectivity index (χ0n) is 8.91. The van der Waals surface area contributed by atoms with Crippen molar-refractivity contribution in [2.24, 2.45) is 5.14 Å². The third kappa shape index (κ3) is 4.31. The Hall–Kier alpha value is -1.06. The van der Waals surface area contributed by atoms with E-state index >= 15 is 0 Å². The molecule has 0 spiro atoms. The van der Waals surface area contributed by atoms with Gasteiger partial charge in [-0.25, -0.2) is 22.3 Å². The summed E-state index contributed by atoms with van der Waals surface area (Å²) < 4.78 is 48.0. The monoisotopic (exact) mass is 342 g/mol. The Balaban J connectivity index is 2.80. The van der Waals surface area contributed by atoms with Crippen LogP contribution in [0.25, 0.3) is 0 Å². The second-order valence-corrected chi connectivity index (χ2v) is 6.02. The second-order valence-electron chi connectivity index (χ2n) is 3.37. The van der Waals surface area contributed by atoms with Gasteiger partial charge in [0.15, 0.2) is 0 Å². The van der Waals surface area contributed by atoms with Crippen LogP contribution in [-0.2, 0) is 10.0 Å². The zero-order valence-corrected chi connectivity index (χ0v) is 11.3. The molecular formula is C9H9BrF2N2O3S. The summed E-state index contributed by atoms with van der Waals surface area (Å²) in [6, 6.07) is 1.86. The normalized spacial score (nSPS) is 11.3. The molecule has 0 atom stereocenters. The van der Waals surface area contributed by atoms with Crippen LogP contribution in [0, 0.1) is 11.6 Å². The molecule has 0 saturated heterocycles. The van der Waals surface area contributed by atoms with Crippen molar-refractivity contribution in [3.05, 3.63) is 33.8 Å². The molecule has 1 amide bonds. The lowest BCUT2D eigenvalue weighted by molar-refractivity contribution is 0.0947. The van der Waals surface area contributed by atoms with Crippen LogP contribution >= 0.6 is 15.9 Å². The number of benzene rings is 1. The number of hydrogen-bond donors (Lipinski definition) is 2. The molecule has 1 aromatic carbocycles. The maximum absolute atomic E-state index is 13.3. The number of nitrogens with one attached hydrogen (secondary N) is 1. The van der Waals surface area contributed by atoms with Crippen LogP contribution in [0.4, 0.5) is 8.78 Å². The number of amides is 1. The number of nitrogens with two attached hydrogens (primary N) is 1. The number of sulfonamides is 1. The molecule has 0 aliphatic heterocycles. The standard InChI is InChI=1S/C9H9BrF2N2O3S/c10-5-3-6(11)8(7(12)4-5)9(15)14-1-2-18(13,16)17/h3-4H,1-2H2,(H,14,15)(H2,13,16,17). The van der Waals surface area contributed by atoms with Crippen LogP contribution in [0.15, 0.2) is 16.6 Å². The van der Waals surface area contributed by atoms with E-state index in [4.69, 9.17) is 5.14 Å². The van der Waals surface area contributed by atoms with E-state index < -0.39 is 38.9 Å². The molecule has 0 aliphatic carbocycles. The molecule has 1 rings (SSSR count). The van der Waals surface area contributed by atoms with E-state index in [1.807, 2.05) is 0 Å². The maximum Gasteiger partial charge on any atom is 0.257 e. The number of hydrogen-bond acceptors (Lipinski definition) is 3. The molecule has 0 bridgehead atoms. The van der Waals surface area contributed by atoms with Crippen molar-refractivity contribution in [3.8, 4) is 0 Å². The molecule has 0 radical (unpaired) electrons. The number of carbonyl (C=O) groups excluding carboxylic acids is 1. The number of rotatable bonds is 4. The smallest absolute Gasteiger partial charge is 0.257 e. The van der Waals surface area contributed by atoms with Crippen molar-refractivity contribution in [3.63, 3.8) is 0 Å². The summed E-state index contributed by atoms with van der Waals surface area (Å²) in [6.45, 7) is -0.327. The molecule has 0 aromatic heterocycles. The SMILES string of the molecule is NS(=O)(=O)CCNC(=O)c1c(F)cc(Br)cc1F. The van der Waals surface area contributed by atoms with Gasteiger partial charge in [-0.3, -0.25) is 4.79 Å². The van der Waals surface area contributed by atoms with Gasteiger partial charge in [0, 0.05) is 11.0 Å². The molecule has 9 heteroatoms. The molecule has 0 fully saturated rings. The highest BCUT2D eigenvalue weighted by Gasteiger charge is 2.18. The first-order chi connectivity index (χ1) is 8.20. The van der Waals surface area contributed by atoms with Crippen molar-refractivity contribution in [1.29, 1.82) is 0 Å². The van der Waals surface area contributed by atoms with Gasteiger partial charge < -0.3 is 5.32 Å². The predicted octanol–water partition coefficient (Wildman–Crippen LogP) is 0.746. The van der Waals surface area contributed by atoms with Crippen LogP contribution in [0.2, 0.25) is 0 Å². The van der Waals surface area contributed by atoms with E-state index in [1.54, 1.807) is 0 Å². The Morgan fingerprint density at radius 2 is 1.83 bits per heavy atom. The number of primary sulfonamides is 1. The summed E-state index contributed by atoms with van der Waals surface area (Å²) in [5.74, 6) is -3.65. The Kier molecular flexibility index (Phi) is 4.77. The molecule has 0 heterocycles. The average molecular weight is 343 g/mol. The molecule has 3 N–H and O–H groups in total. The van der Waals surface area contributed by atoms with Gasteiger partial charge >= 0.3 is 0 Å². The third-order valence-corrected chi connectivity index (χ3v) is 3.14. The molecule has 0 unspecified atom stereocenters. The van der Waals surface area contributed by atoms with E-state index in [1.165, 1.54) is 0 Å². The minimum absolute atomic E-state index is 0.151. The summed E-state index contributed by atoms with van der Waals surface area (Å²) in [4.78, 5) is 11.4. The fourth-order valence-corrected chi connectivity index (χ4v) is 1.94. The minimum Gasteiger partial charge on any atom is -0.351 e. The Labute approximate surface area is 111 Å². The molecule has 100 valence electrons. The molecule has 0 saturated carbocycles. The lowest BCUT2D eigenvalue weighted by atomic mass is 10.2. The first-order valence-corrected chi connectivity index (χ1v) is 7.15. The number of carbonyl (C=O) groups is 1. The van der Waals surface area contributed by atoms with E-state index in [-0.39, 0.29) is 11.0 Å². The highest BCUT2D eigenvalue weighted by molar-refractivity contribution is 9.10. The minimum atomic E-state index is -3.74. The maximum atomic E-state index is 13.3. The highest BCUT2D eigenvalue weighted by atomic mass is 79.9. The van der Waals surface area contributed by atoms with Gasteiger partial charge in [0.05, 0.1) is 5.75 Å². The topological polar surface area (TPSA) is 89.3 Å². The van der Waals surface area contributed by atoms with Crippen molar-refractivity contribution in [2.45, 2.75) is 0 Å². The fourth-order valence-electron chi connectivity index (χ4n) is 1.15.